The van der Waals surface area contributed by atoms with Crippen LogP contribution < -0.4 is 0 Å². The Labute approximate surface area is 84.7 Å². The zero-order valence-corrected chi connectivity index (χ0v) is 8.67. The molecule has 78 valence electrons. The molecule has 1 nitrogen and oxygen atoms in total. The lowest BCUT2D eigenvalue weighted by molar-refractivity contribution is -0.141. The van der Waals surface area contributed by atoms with Gasteiger partial charge < -0.3 is 0 Å². The van der Waals surface area contributed by atoms with Gasteiger partial charge in [0.1, 0.15) is 5.69 Å². The number of aryl methyl sites for hydroxylation is 1. The molecule has 0 saturated carbocycles. The van der Waals surface area contributed by atoms with E-state index in [2.05, 4.69) is 4.98 Å². The first-order valence-corrected chi connectivity index (χ1v) is 5.36. The first-order chi connectivity index (χ1) is 6.43. The van der Waals surface area contributed by atoms with E-state index in [-0.39, 0.29) is 0 Å². The average Bonchev–Trinajstić information content (AvgIpc) is 2.02. The van der Waals surface area contributed by atoms with Gasteiger partial charge in [0.05, 0.1) is 0 Å². The molecule has 0 bridgehead atoms. The molecule has 0 fully saturated rings. The van der Waals surface area contributed by atoms with Crippen molar-refractivity contribution in [2.45, 2.75) is 18.9 Å². The van der Waals surface area contributed by atoms with Crippen LogP contribution in [0.3, 0.4) is 0 Å². The monoisotopic (exact) mass is 221 g/mol. The Morgan fingerprint density at radius 3 is 2.50 bits per heavy atom. The Morgan fingerprint density at radius 1 is 1.36 bits per heavy atom. The van der Waals surface area contributed by atoms with Gasteiger partial charge in [0.25, 0.3) is 0 Å². The van der Waals surface area contributed by atoms with Gasteiger partial charge in [-0.2, -0.15) is 24.9 Å². The maximum Gasteiger partial charge on any atom is 0.433 e. The van der Waals surface area contributed by atoms with E-state index in [0.29, 0.717) is 17.0 Å². The van der Waals surface area contributed by atoms with Gasteiger partial charge in [-0.1, -0.05) is 0 Å². The molecule has 1 aromatic heterocycles. The molecule has 14 heavy (non-hydrogen) atoms. The minimum Gasteiger partial charge on any atom is -0.249 e. The highest BCUT2D eigenvalue weighted by Crippen LogP contribution is 2.29. The molecule has 0 saturated heterocycles. The molecule has 1 rings (SSSR count). The second-order valence-electron chi connectivity index (χ2n) is 2.93. The van der Waals surface area contributed by atoms with Crippen molar-refractivity contribution in [1.29, 1.82) is 0 Å². The first-order valence-electron chi connectivity index (χ1n) is 3.97. The minimum absolute atomic E-state index is 0.406. The van der Waals surface area contributed by atoms with E-state index >= 15 is 0 Å². The van der Waals surface area contributed by atoms with Crippen LogP contribution in [-0.4, -0.2) is 11.2 Å². The molecular formula is C9H10F3NS. The number of rotatable bonds is 2. The minimum atomic E-state index is -4.35. The average molecular weight is 221 g/mol. The third-order valence-electron chi connectivity index (χ3n) is 1.61. The fourth-order valence-corrected chi connectivity index (χ4v) is 1.64. The SMILES string of the molecule is CSCc1cc(C)nc(C(F)(F)F)c1. The molecule has 0 unspecified atom stereocenters. The van der Waals surface area contributed by atoms with Crippen molar-refractivity contribution in [3.63, 3.8) is 0 Å². The van der Waals surface area contributed by atoms with Gasteiger partial charge in [-0.3, -0.25) is 0 Å². The molecule has 0 aliphatic rings. The number of hydrogen-bond acceptors (Lipinski definition) is 2. The summed E-state index contributed by atoms with van der Waals surface area (Å²) in [5.74, 6) is 0.576. The van der Waals surface area contributed by atoms with Crippen LogP contribution in [0, 0.1) is 6.92 Å². The molecule has 0 aliphatic carbocycles. The van der Waals surface area contributed by atoms with Gasteiger partial charge in [0.15, 0.2) is 0 Å². The van der Waals surface area contributed by atoms with Crippen molar-refractivity contribution in [3.05, 3.63) is 29.1 Å². The highest BCUT2D eigenvalue weighted by molar-refractivity contribution is 7.97. The molecule has 0 aliphatic heterocycles. The molecule has 0 atom stereocenters. The van der Waals surface area contributed by atoms with Crippen molar-refractivity contribution >= 4 is 11.8 Å². The molecule has 1 aromatic rings. The summed E-state index contributed by atoms with van der Waals surface area (Å²) < 4.78 is 37.0. The summed E-state index contributed by atoms with van der Waals surface area (Å²) in [5, 5.41) is 0. The maximum absolute atomic E-state index is 12.3. The zero-order chi connectivity index (χ0) is 10.8. The number of pyridine rings is 1. The van der Waals surface area contributed by atoms with Gasteiger partial charge >= 0.3 is 6.18 Å². The van der Waals surface area contributed by atoms with Gasteiger partial charge in [-0.15, -0.1) is 0 Å². The molecule has 1 heterocycles. The number of hydrogen-bond donors (Lipinski definition) is 0. The smallest absolute Gasteiger partial charge is 0.249 e. The maximum atomic E-state index is 12.3. The largest absolute Gasteiger partial charge is 0.433 e. The predicted molar refractivity (Wildman–Crippen MR) is 51.2 cm³/mol. The van der Waals surface area contributed by atoms with Crippen molar-refractivity contribution in [2.75, 3.05) is 6.26 Å². The van der Waals surface area contributed by atoms with Crippen molar-refractivity contribution in [3.8, 4) is 0 Å². The van der Waals surface area contributed by atoms with Crippen molar-refractivity contribution in [1.82, 2.24) is 4.98 Å². The van der Waals surface area contributed by atoms with E-state index in [1.54, 1.807) is 13.0 Å². The Bertz CT molecular complexity index is 322. The number of halogens is 3. The fraction of sp³-hybridized carbons (Fsp3) is 0.444. The molecular weight excluding hydrogens is 211 g/mol. The topological polar surface area (TPSA) is 12.9 Å². The zero-order valence-electron chi connectivity index (χ0n) is 7.85. The molecule has 5 heteroatoms. The summed E-state index contributed by atoms with van der Waals surface area (Å²) in [7, 11) is 0. The number of nitrogens with zero attached hydrogens (tertiary/aromatic N) is 1. The van der Waals surface area contributed by atoms with E-state index < -0.39 is 11.9 Å². The van der Waals surface area contributed by atoms with E-state index in [4.69, 9.17) is 0 Å². The van der Waals surface area contributed by atoms with Crippen LogP contribution in [0.2, 0.25) is 0 Å². The second kappa shape index (κ2) is 4.21. The summed E-state index contributed by atoms with van der Waals surface area (Å²) >= 11 is 1.49. The first kappa shape index (κ1) is 11.4. The quantitative estimate of drug-likeness (QED) is 0.760. The third kappa shape index (κ3) is 2.90. The van der Waals surface area contributed by atoms with Gasteiger partial charge in [0, 0.05) is 11.4 Å². The van der Waals surface area contributed by atoms with Gasteiger partial charge in [-0.05, 0) is 30.9 Å². The van der Waals surface area contributed by atoms with Gasteiger partial charge in [-0.25, -0.2) is 4.98 Å². The summed E-state index contributed by atoms with van der Waals surface area (Å²) in [4.78, 5) is 3.45. The summed E-state index contributed by atoms with van der Waals surface area (Å²) in [6.07, 6.45) is -2.50. The lowest BCUT2D eigenvalue weighted by Crippen LogP contribution is -2.09. The Morgan fingerprint density at radius 2 is 2.00 bits per heavy atom. The predicted octanol–water partition coefficient (Wildman–Crippen LogP) is 3.27. The second-order valence-corrected chi connectivity index (χ2v) is 3.80. The van der Waals surface area contributed by atoms with Crippen LogP contribution in [0.25, 0.3) is 0 Å². The van der Waals surface area contributed by atoms with Crippen molar-refractivity contribution in [2.24, 2.45) is 0 Å². The van der Waals surface area contributed by atoms with Crippen LogP contribution in [0.4, 0.5) is 13.2 Å². The molecule has 0 amide bonds. The summed E-state index contributed by atoms with van der Waals surface area (Å²) in [5.41, 5.74) is 0.266. The molecule has 0 aromatic carbocycles. The molecule has 0 N–H and O–H groups in total. The Kier molecular flexibility index (Phi) is 3.42. The summed E-state index contributed by atoms with van der Waals surface area (Å²) in [6, 6.07) is 2.77. The van der Waals surface area contributed by atoms with Crippen LogP contribution in [0.1, 0.15) is 17.0 Å². The van der Waals surface area contributed by atoms with Crippen LogP contribution in [-0.2, 0) is 11.9 Å². The third-order valence-corrected chi connectivity index (χ3v) is 2.24. The fourth-order valence-electron chi connectivity index (χ4n) is 1.14. The highest BCUT2D eigenvalue weighted by atomic mass is 32.2. The Balaban J connectivity index is 3.07. The number of thioether (sulfide) groups is 1. The van der Waals surface area contributed by atoms with E-state index in [9.17, 15) is 13.2 Å². The lowest BCUT2D eigenvalue weighted by atomic mass is 10.2. The van der Waals surface area contributed by atoms with Gasteiger partial charge in [0.2, 0.25) is 0 Å². The molecule has 0 spiro atoms. The number of alkyl halides is 3. The standard InChI is InChI=1S/C9H10F3NS/c1-6-3-7(5-14-2)4-8(13-6)9(10,11)12/h3-4H,5H2,1-2H3. The normalized spacial score (nSPS) is 11.8. The van der Waals surface area contributed by atoms with E-state index in [1.807, 2.05) is 6.26 Å². The Hall–Kier alpha value is -0.710. The highest BCUT2D eigenvalue weighted by Gasteiger charge is 2.32. The van der Waals surface area contributed by atoms with Crippen LogP contribution in [0.15, 0.2) is 12.1 Å². The van der Waals surface area contributed by atoms with Crippen molar-refractivity contribution < 1.29 is 13.2 Å². The lowest BCUT2D eigenvalue weighted by Gasteiger charge is -2.08. The summed E-state index contributed by atoms with van der Waals surface area (Å²) in [6.45, 7) is 1.57. The van der Waals surface area contributed by atoms with Crippen LogP contribution in [0.5, 0.6) is 0 Å². The van der Waals surface area contributed by atoms with Crippen LogP contribution >= 0.6 is 11.8 Å². The van der Waals surface area contributed by atoms with E-state index in [1.165, 1.54) is 11.8 Å². The molecule has 0 radical (unpaired) electrons. The number of aromatic nitrogens is 1. The van der Waals surface area contributed by atoms with E-state index in [0.717, 1.165) is 6.07 Å².